The van der Waals surface area contributed by atoms with Gasteiger partial charge in [0.2, 0.25) is 11.7 Å². The summed E-state index contributed by atoms with van der Waals surface area (Å²) in [5, 5.41) is 5.90. The Bertz CT molecular complexity index is 630. The second kappa shape index (κ2) is 6.37. The lowest BCUT2D eigenvalue weighted by Crippen LogP contribution is -2.35. The minimum atomic E-state index is -4.68. The third-order valence-corrected chi connectivity index (χ3v) is 3.56. The SMILES string of the molecule is Cn1c(C(F)(F)F)nn(CCNC(=O)C2CC=CCC2)c1=O. The summed E-state index contributed by atoms with van der Waals surface area (Å²) < 4.78 is 39.0. The molecule has 1 N–H and O–H groups in total. The Kier molecular flexibility index (Phi) is 4.72. The van der Waals surface area contributed by atoms with Gasteiger partial charge < -0.3 is 5.32 Å². The van der Waals surface area contributed by atoms with E-state index in [1.807, 2.05) is 12.2 Å². The van der Waals surface area contributed by atoms with Gasteiger partial charge in [-0.15, -0.1) is 5.10 Å². The number of alkyl halides is 3. The van der Waals surface area contributed by atoms with E-state index in [0.717, 1.165) is 19.9 Å². The molecule has 0 bridgehead atoms. The van der Waals surface area contributed by atoms with Crippen LogP contribution in [-0.2, 0) is 24.6 Å². The van der Waals surface area contributed by atoms with Crippen molar-refractivity contribution in [1.29, 1.82) is 0 Å². The van der Waals surface area contributed by atoms with Crippen LogP contribution in [0.4, 0.5) is 13.2 Å². The molecule has 1 amide bonds. The van der Waals surface area contributed by atoms with E-state index in [4.69, 9.17) is 0 Å². The van der Waals surface area contributed by atoms with Crippen LogP contribution >= 0.6 is 0 Å². The third kappa shape index (κ3) is 3.58. The molecule has 0 spiro atoms. The first-order chi connectivity index (χ1) is 10.3. The molecule has 1 unspecified atom stereocenters. The van der Waals surface area contributed by atoms with E-state index in [1.54, 1.807) is 0 Å². The van der Waals surface area contributed by atoms with Crippen molar-refractivity contribution in [1.82, 2.24) is 19.7 Å². The number of carbonyl (C=O) groups excluding carboxylic acids is 1. The lowest BCUT2D eigenvalue weighted by Gasteiger charge is -2.16. The number of nitrogens with zero attached hydrogens (tertiary/aromatic N) is 3. The summed E-state index contributed by atoms with van der Waals surface area (Å²) in [7, 11) is 1.02. The first-order valence-electron chi connectivity index (χ1n) is 6.94. The number of rotatable bonds is 4. The smallest absolute Gasteiger partial charge is 0.354 e. The Hall–Kier alpha value is -2.06. The number of aromatic nitrogens is 3. The largest absolute Gasteiger partial charge is 0.451 e. The zero-order valence-corrected chi connectivity index (χ0v) is 12.1. The van der Waals surface area contributed by atoms with Gasteiger partial charge in [-0.05, 0) is 19.3 Å². The molecule has 1 aliphatic carbocycles. The average Bonchev–Trinajstić information content (AvgIpc) is 2.76. The average molecular weight is 318 g/mol. The van der Waals surface area contributed by atoms with Gasteiger partial charge in [-0.2, -0.15) is 13.2 Å². The van der Waals surface area contributed by atoms with Crippen molar-refractivity contribution in [2.75, 3.05) is 6.54 Å². The van der Waals surface area contributed by atoms with Gasteiger partial charge in [-0.25, -0.2) is 9.48 Å². The monoisotopic (exact) mass is 318 g/mol. The van der Waals surface area contributed by atoms with Gasteiger partial charge in [-0.1, -0.05) is 12.2 Å². The highest BCUT2D eigenvalue weighted by Crippen LogP contribution is 2.25. The van der Waals surface area contributed by atoms with Crippen molar-refractivity contribution < 1.29 is 18.0 Å². The summed E-state index contributed by atoms with van der Waals surface area (Å²) in [5.74, 6) is -1.51. The van der Waals surface area contributed by atoms with Crippen LogP contribution in [0.1, 0.15) is 25.1 Å². The van der Waals surface area contributed by atoms with Crippen LogP contribution in [0.3, 0.4) is 0 Å². The Morgan fingerprint density at radius 2 is 2.18 bits per heavy atom. The molecule has 0 saturated heterocycles. The standard InChI is InChI=1S/C13H17F3N4O2/c1-19-11(13(14,15)16)18-20(12(19)22)8-7-17-10(21)9-5-3-2-4-6-9/h2-3,9H,4-8H2,1H3,(H,17,21). The highest BCUT2D eigenvalue weighted by Gasteiger charge is 2.37. The minimum Gasteiger partial charge on any atom is -0.354 e. The molecule has 0 aromatic carbocycles. The fourth-order valence-corrected chi connectivity index (χ4v) is 2.34. The quantitative estimate of drug-likeness (QED) is 0.845. The van der Waals surface area contributed by atoms with E-state index < -0.39 is 17.7 Å². The summed E-state index contributed by atoms with van der Waals surface area (Å²) in [5.41, 5.74) is -0.859. The minimum absolute atomic E-state index is 0.0628. The molecule has 1 atom stereocenters. The van der Waals surface area contributed by atoms with Crippen LogP contribution in [-0.4, -0.2) is 26.8 Å². The van der Waals surface area contributed by atoms with Gasteiger partial charge in [0.05, 0.1) is 6.54 Å². The molecule has 22 heavy (non-hydrogen) atoms. The number of hydrogen-bond donors (Lipinski definition) is 1. The number of allylic oxidation sites excluding steroid dienone is 2. The molecule has 0 radical (unpaired) electrons. The van der Waals surface area contributed by atoms with E-state index in [0.29, 0.717) is 15.7 Å². The van der Waals surface area contributed by atoms with Crippen LogP contribution in [0, 0.1) is 5.92 Å². The van der Waals surface area contributed by atoms with Crippen LogP contribution in [0.2, 0.25) is 0 Å². The molecule has 6 nitrogen and oxygen atoms in total. The lowest BCUT2D eigenvalue weighted by molar-refractivity contribution is -0.147. The predicted octanol–water partition coefficient (Wildman–Crippen LogP) is 1.07. The highest BCUT2D eigenvalue weighted by molar-refractivity contribution is 5.78. The van der Waals surface area contributed by atoms with Gasteiger partial charge in [0, 0.05) is 19.5 Å². The van der Waals surface area contributed by atoms with E-state index in [1.165, 1.54) is 0 Å². The Morgan fingerprint density at radius 1 is 1.45 bits per heavy atom. The maximum Gasteiger partial charge on any atom is 0.451 e. The van der Waals surface area contributed by atoms with E-state index in [9.17, 15) is 22.8 Å². The van der Waals surface area contributed by atoms with Crippen molar-refractivity contribution in [3.8, 4) is 0 Å². The van der Waals surface area contributed by atoms with Gasteiger partial charge >= 0.3 is 11.9 Å². The van der Waals surface area contributed by atoms with Gasteiger partial charge in [0.1, 0.15) is 0 Å². The second-order valence-electron chi connectivity index (χ2n) is 5.16. The Labute approximate surface area is 124 Å². The summed E-state index contributed by atoms with van der Waals surface area (Å²) in [6.07, 6.45) is 1.52. The molecule has 1 heterocycles. The maximum absolute atomic E-state index is 12.6. The zero-order valence-electron chi connectivity index (χ0n) is 12.1. The Morgan fingerprint density at radius 3 is 2.73 bits per heavy atom. The van der Waals surface area contributed by atoms with Crippen molar-refractivity contribution in [3.05, 3.63) is 28.5 Å². The first-order valence-corrected chi connectivity index (χ1v) is 6.94. The topological polar surface area (TPSA) is 68.9 Å². The van der Waals surface area contributed by atoms with Gasteiger partial charge in [0.25, 0.3) is 0 Å². The van der Waals surface area contributed by atoms with Crippen molar-refractivity contribution in [2.45, 2.75) is 32.0 Å². The summed E-state index contributed by atoms with van der Waals surface area (Å²) in [4.78, 5) is 23.5. The molecule has 1 aromatic rings. The van der Waals surface area contributed by atoms with Crippen LogP contribution in [0.5, 0.6) is 0 Å². The molecule has 122 valence electrons. The fourth-order valence-electron chi connectivity index (χ4n) is 2.34. The van der Waals surface area contributed by atoms with Crippen molar-refractivity contribution in [3.63, 3.8) is 0 Å². The van der Waals surface area contributed by atoms with E-state index >= 15 is 0 Å². The Balaban J connectivity index is 1.93. The molecule has 1 aromatic heterocycles. The molecular formula is C13H17F3N4O2. The molecule has 0 saturated carbocycles. The van der Waals surface area contributed by atoms with Crippen molar-refractivity contribution in [2.24, 2.45) is 13.0 Å². The van der Waals surface area contributed by atoms with E-state index in [-0.39, 0.29) is 24.9 Å². The summed E-state index contributed by atoms with van der Waals surface area (Å²) >= 11 is 0. The highest BCUT2D eigenvalue weighted by atomic mass is 19.4. The molecule has 0 fully saturated rings. The van der Waals surface area contributed by atoms with Crippen LogP contribution in [0.15, 0.2) is 16.9 Å². The second-order valence-corrected chi connectivity index (χ2v) is 5.16. The third-order valence-electron chi connectivity index (χ3n) is 3.56. The number of halogens is 3. The van der Waals surface area contributed by atoms with Gasteiger partial charge in [-0.3, -0.25) is 9.36 Å². The molecule has 0 aliphatic heterocycles. The first kappa shape index (κ1) is 16.3. The molecule has 9 heteroatoms. The van der Waals surface area contributed by atoms with Gasteiger partial charge in [0.15, 0.2) is 0 Å². The molecular weight excluding hydrogens is 301 g/mol. The zero-order chi connectivity index (χ0) is 16.3. The van der Waals surface area contributed by atoms with E-state index in [2.05, 4.69) is 10.4 Å². The number of carbonyl (C=O) groups is 1. The normalized spacial score (nSPS) is 18.5. The predicted molar refractivity (Wildman–Crippen MR) is 72.0 cm³/mol. The maximum atomic E-state index is 12.6. The summed E-state index contributed by atoms with van der Waals surface area (Å²) in [6.45, 7) is -0.0374. The number of nitrogens with one attached hydrogen (secondary N) is 1. The fraction of sp³-hybridized carbons (Fsp3) is 0.615. The summed E-state index contributed by atoms with van der Waals surface area (Å²) in [6, 6.07) is 0. The number of amides is 1. The number of hydrogen-bond acceptors (Lipinski definition) is 3. The van der Waals surface area contributed by atoms with Crippen molar-refractivity contribution >= 4 is 5.91 Å². The molecule has 1 aliphatic rings. The lowest BCUT2D eigenvalue weighted by atomic mass is 9.94. The van der Waals surface area contributed by atoms with Crippen LogP contribution in [0.25, 0.3) is 0 Å². The van der Waals surface area contributed by atoms with Crippen LogP contribution < -0.4 is 11.0 Å². The molecule has 2 rings (SSSR count).